The van der Waals surface area contributed by atoms with Crippen LogP contribution in [0.25, 0.3) is 0 Å². The zero-order chi connectivity index (χ0) is 12.9. The molecule has 0 bridgehead atoms. The highest BCUT2D eigenvalue weighted by molar-refractivity contribution is 4.92. The first-order chi connectivity index (χ1) is 7.96. The molecule has 98 valence electrons. The normalized spacial score (nSPS) is 29.9. The molecule has 1 fully saturated rings. The van der Waals surface area contributed by atoms with Gasteiger partial charge in [-0.1, -0.05) is 19.8 Å². The van der Waals surface area contributed by atoms with Crippen molar-refractivity contribution < 1.29 is 0 Å². The average molecular weight is 235 g/mol. The molecule has 1 N–H and O–H groups in total. The molecule has 1 saturated carbocycles. The Kier molecular flexibility index (Phi) is 5.53. The van der Waals surface area contributed by atoms with E-state index in [1.54, 1.807) is 0 Å². The quantitative estimate of drug-likeness (QED) is 0.730. The van der Waals surface area contributed by atoms with Crippen LogP contribution in [0.1, 0.15) is 59.8 Å². The van der Waals surface area contributed by atoms with Crippen LogP contribution in [0.15, 0.2) is 0 Å². The zero-order valence-electron chi connectivity index (χ0n) is 12.1. The summed E-state index contributed by atoms with van der Waals surface area (Å²) in [6.45, 7) is 10.2. The highest BCUT2D eigenvalue weighted by atomic mass is 14.9. The highest BCUT2D eigenvalue weighted by Crippen LogP contribution is 2.37. The van der Waals surface area contributed by atoms with Crippen LogP contribution in [0.3, 0.4) is 0 Å². The predicted octanol–water partition coefficient (Wildman–Crippen LogP) is 3.84. The second-order valence-corrected chi connectivity index (χ2v) is 6.65. The fraction of sp³-hybridized carbons (Fsp3) is 0.875. The Hall–Kier alpha value is -0.480. The van der Waals surface area contributed by atoms with E-state index in [1.165, 1.54) is 25.7 Å². The summed E-state index contributed by atoms with van der Waals surface area (Å²) >= 11 is 0. The maximum Gasteiger partial charge on any atom is 0.0118 e. The summed E-state index contributed by atoms with van der Waals surface area (Å²) < 4.78 is 0. The minimum absolute atomic E-state index is 0.225. The topological polar surface area (TPSA) is 12.0 Å². The van der Waals surface area contributed by atoms with Crippen molar-refractivity contribution in [2.24, 2.45) is 17.8 Å². The molecule has 0 aromatic heterocycles. The van der Waals surface area contributed by atoms with Gasteiger partial charge in [-0.25, -0.2) is 0 Å². The van der Waals surface area contributed by atoms with Gasteiger partial charge in [-0.3, -0.25) is 0 Å². The summed E-state index contributed by atoms with van der Waals surface area (Å²) in [5, 5.41) is 3.64. The molecule has 3 atom stereocenters. The van der Waals surface area contributed by atoms with Crippen LogP contribution in [0.5, 0.6) is 0 Å². The van der Waals surface area contributed by atoms with E-state index in [0.717, 1.165) is 30.7 Å². The van der Waals surface area contributed by atoms with Crippen molar-refractivity contribution in [3.63, 3.8) is 0 Å². The molecule has 0 amide bonds. The number of hydrogen-bond acceptors (Lipinski definition) is 1. The van der Waals surface area contributed by atoms with E-state index in [1.807, 2.05) is 0 Å². The van der Waals surface area contributed by atoms with Crippen LogP contribution in [-0.4, -0.2) is 12.1 Å². The maximum absolute atomic E-state index is 5.52. The molecule has 0 heterocycles. The first-order valence-electron chi connectivity index (χ1n) is 7.14. The summed E-state index contributed by atoms with van der Waals surface area (Å²) in [6.07, 6.45) is 11.9. The molecule has 0 radical (unpaired) electrons. The van der Waals surface area contributed by atoms with Gasteiger partial charge in [-0.15, -0.1) is 12.3 Å². The minimum atomic E-state index is 0.225. The van der Waals surface area contributed by atoms with Gasteiger partial charge >= 0.3 is 0 Å². The van der Waals surface area contributed by atoms with Gasteiger partial charge in [-0.2, -0.15) is 0 Å². The molecular weight excluding hydrogens is 206 g/mol. The second-order valence-electron chi connectivity index (χ2n) is 6.65. The molecule has 1 aliphatic rings. The van der Waals surface area contributed by atoms with Gasteiger partial charge in [0.15, 0.2) is 0 Å². The molecule has 1 rings (SSSR count). The van der Waals surface area contributed by atoms with Gasteiger partial charge in [-0.05, 0) is 57.9 Å². The lowest BCUT2D eigenvalue weighted by molar-refractivity contribution is 0.167. The van der Waals surface area contributed by atoms with E-state index in [0.29, 0.717) is 0 Å². The van der Waals surface area contributed by atoms with Crippen LogP contribution < -0.4 is 5.32 Å². The van der Waals surface area contributed by atoms with Crippen LogP contribution in [-0.2, 0) is 0 Å². The molecule has 3 unspecified atom stereocenters. The lowest BCUT2D eigenvalue weighted by Crippen LogP contribution is -2.42. The monoisotopic (exact) mass is 235 g/mol. The van der Waals surface area contributed by atoms with Crippen molar-refractivity contribution in [1.29, 1.82) is 0 Å². The summed E-state index contributed by atoms with van der Waals surface area (Å²) in [6, 6.07) is 0. The number of rotatable bonds is 4. The Balaban J connectivity index is 2.49. The van der Waals surface area contributed by atoms with E-state index in [2.05, 4.69) is 38.9 Å². The third-order valence-corrected chi connectivity index (χ3v) is 4.10. The van der Waals surface area contributed by atoms with Crippen molar-refractivity contribution in [2.45, 2.75) is 65.3 Å². The molecule has 1 aliphatic carbocycles. The Morgan fingerprint density at radius 3 is 2.47 bits per heavy atom. The summed E-state index contributed by atoms with van der Waals surface area (Å²) in [7, 11) is 0. The number of terminal acetylenes is 1. The Bertz CT molecular complexity index is 256. The van der Waals surface area contributed by atoms with Crippen molar-refractivity contribution >= 4 is 0 Å². The smallest absolute Gasteiger partial charge is 0.0118 e. The molecule has 17 heavy (non-hydrogen) atoms. The van der Waals surface area contributed by atoms with Crippen LogP contribution >= 0.6 is 0 Å². The molecular formula is C16H29N. The second kappa shape index (κ2) is 6.45. The van der Waals surface area contributed by atoms with Gasteiger partial charge in [0.05, 0.1) is 0 Å². The van der Waals surface area contributed by atoms with E-state index in [9.17, 15) is 0 Å². The molecule has 0 aromatic carbocycles. The van der Waals surface area contributed by atoms with Crippen molar-refractivity contribution in [3.8, 4) is 12.3 Å². The Morgan fingerprint density at radius 2 is 1.94 bits per heavy atom. The third-order valence-electron chi connectivity index (χ3n) is 4.10. The summed E-state index contributed by atoms with van der Waals surface area (Å²) in [5.74, 6) is 5.33. The van der Waals surface area contributed by atoms with Gasteiger partial charge in [0.1, 0.15) is 0 Å². The van der Waals surface area contributed by atoms with E-state index >= 15 is 0 Å². The van der Waals surface area contributed by atoms with Gasteiger partial charge in [0, 0.05) is 12.0 Å². The number of hydrogen-bond donors (Lipinski definition) is 1. The first-order valence-corrected chi connectivity index (χ1v) is 7.14. The minimum Gasteiger partial charge on any atom is -0.312 e. The molecule has 0 aliphatic heterocycles. The van der Waals surface area contributed by atoms with Crippen LogP contribution in [0, 0.1) is 30.1 Å². The zero-order valence-corrected chi connectivity index (χ0v) is 12.1. The fourth-order valence-corrected chi connectivity index (χ4v) is 2.90. The molecule has 0 aromatic rings. The standard InChI is InChI=1S/C16H29N/c1-6-8-14-11-13(7-2)9-10-15(14)12-17-16(3,4)5/h1,13-15,17H,7-12H2,2-5H3. The Morgan fingerprint density at radius 1 is 1.24 bits per heavy atom. The molecule has 1 nitrogen and oxygen atoms in total. The summed E-state index contributed by atoms with van der Waals surface area (Å²) in [5.41, 5.74) is 0.225. The van der Waals surface area contributed by atoms with Crippen molar-refractivity contribution in [2.75, 3.05) is 6.54 Å². The highest BCUT2D eigenvalue weighted by Gasteiger charge is 2.29. The first kappa shape index (κ1) is 14.6. The van der Waals surface area contributed by atoms with Gasteiger partial charge in [0.2, 0.25) is 0 Å². The lowest BCUT2D eigenvalue weighted by atomic mass is 9.72. The predicted molar refractivity (Wildman–Crippen MR) is 75.8 cm³/mol. The van der Waals surface area contributed by atoms with Crippen LogP contribution in [0.2, 0.25) is 0 Å². The summed E-state index contributed by atoms with van der Waals surface area (Å²) in [4.78, 5) is 0. The van der Waals surface area contributed by atoms with E-state index in [-0.39, 0.29) is 5.54 Å². The molecule has 0 saturated heterocycles. The molecule has 0 spiro atoms. The maximum atomic E-state index is 5.52. The SMILES string of the molecule is C#CCC1CC(CC)CCC1CNC(C)(C)C. The van der Waals surface area contributed by atoms with Crippen molar-refractivity contribution in [1.82, 2.24) is 5.32 Å². The van der Waals surface area contributed by atoms with Gasteiger partial charge < -0.3 is 5.32 Å². The average Bonchev–Trinajstić information content (AvgIpc) is 2.26. The van der Waals surface area contributed by atoms with Crippen LogP contribution in [0.4, 0.5) is 0 Å². The molecule has 1 heteroatoms. The Labute approximate surface area is 108 Å². The third kappa shape index (κ3) is 5.13. The van der Waals surface area contributed by atoms with E-state index in [4.69, 9.17) is 6.42 Å². The van der Waals surface area contributed by atoms with E-state index < -0.39 is 0 Å². The largest absolute Gasteiger partial charge is 0.312 e. The van der Waals surface area contributed by atoms with Crippen molar-refractivity contribution in [3.05, 3.63) is 0 Å². The number of nitrogens with one attached hydrogen (secondary N) is 1. The van der Waals surface area contributed by atoms with Gasteiger partial charge in [0.25, 0.3) is 0 Å². The lowest BCUT2D eigenvalue weighted by Gasteiger charge is -2.37. The fourth-order valence-electron chi connectivity index (χ4n) is 2.90.